The highest BCUT2D eigenvalue weighted by Gasteiger charge is 2.05. The van der Waals surface area contributed by atoms with E-state index in [0.29, 0.717) is 0 Å². The van der Waals surface area contributed by atoms with Crippen molar-refractivity contribution in [3.8, 4) is 0 Å². The van der Waals surface area contributed by atoms with Crippen molar-refractivity contribution in [2.45, 2.75) is 26.3 Å². The van der Waals surface area contributed by atoms with E-state index in [9.17, 15) is 4.79 Å². The van der Waals surface area contributed by atoms with E-state index in [1.165, 1.54) is 11.1 Å². The third-order valence-electron chi connectivity index (χ3n) is 3.36. The SMILES string of the molecule is CCc1ccc(C(C)Nc2ccc(=O)n(C)c2)cc1. The van der Waals surface area contributed by atoms with Gasteiger partial charge in [0.2, 0.25) is 5.56 Å². The molecular weight excluding hydrogens is 236 g/mol. The summed E-state index contributed by atoms with van der Waals surface area (Å²) in [5.74, 6) is 0. The van der Waals surface area contributed by atoms with Crippen LogP contribution in [0.1, 0.15) is 31.0 Å². The van der Waals surface area contributed by atoms with Crippen LogP contribution >= 0.6 is 0 Å². The van der Waals surface area contributed by atoms with E-state index >= 15 is 0 Å². The molecule has 19 heavy (non-hydrogen) atoms. The van der Waals surface area contributed by atoms with Gasteiger partial charge < -0.3 is 9.88 Å². The van der Waals surface area contributed by atoms with E-state index in [2.05, 4.69) is 43.4 Å². The lowest BCUT2D eigenvalue weighted by atomic mass is 10.0. The molecule has 0 bridgehead atoms. The summed E-state index contributed by atoms with van der Waals surface area (Å²) >= 11 is 0. The summed E-state index contributed by atoms with van der Waals surface area (Å²) in [7, 11) is 1.76. The van der Waals surface area contributed by atoms with Crippen LogP contribution in [0.3, 0.4) is 0 Å². The number of hydrogen-bond donors (Lipinski definition) is 1. The number of pyridine rings is 1. The Labute approximate surface area is 113 Å². The average molecular weight is 256 g/mol. The lowest BCUT2D eigenvalue weighted by Gasteiger charge is -2.16. The van der Waals surface area contributed by atoms with Gasteiger partial charge in [-0.2, -0.15) is 0 Å². The smallest absolute Gasteiger partial charge is 0.250 e. The number of anilines is 1. The molecule has 1 heterocycles. The van der Waals surface area contributed by atoms with Crippen molar-refractivity contribution in [1.82, 2.24) is 4.57 Å². The molecule has 1 atom stereocenters. The molecule has 2 rings (SSSR count). The third-order valence-corrected chi connectivity index (χ3v) is 3.36. The van der Waals surface area contributed by atoms with Crippen molar-refractivity contribution < 1.29 is 0 Å². The first-order valence-electron chi connectivity index (χ1n) is 6.62. The maximum absolute atomic E-state index is 11.3. The van der Waals surface area contributed by atoms with Gasteiger partial charge >= 0.3 is 0 Å². The van der Waals surface area contributed by atoms with Crippen LogP contribution in [0.2, 0.25) is 0 Å². The van der Waals surface area contributed by atoms with Crippen LogP contribution in [0.25, 0.3) is 0 Å². The summed E-state index contributed by atoms with van der Waals surface area (Å²) in [6.07, 6.45) is 2.88. The van der Waals surface area contributed by atoms with Crippen LogP contribution in [0.5, 0.6) is 0 Å². The van der Waals surface area contributed by atoms with Crippen LogP contribution in [0, 0.1) is 0 Å². The molecule has 1 aromatic carbocycles. The topological polar surface area (TPSA) is 34.0 Å². The standard InChI is InChI=1S/C16H20N2O/c1-4-13-5-7-14(8-6-13)12(2)17-15-9-10-16(19)18(3)11-15/h5-12,17H,4H2,1-3H3. The number of aromatic nitrogens is 1. The first-order chi connectivity index (χ1) is 9.10. The summed E-state index contributed by atoms with van der Waals surface area (Å²) in [6.45, 7) is 4.27. The fraction of sp³-hybridized carbons (Fsp3) is 0.312. The Bertz CT molecular complexity index is 599. The molecule has 2 aromatic rings. The summed E-state index contributed by atoms with van der Waals surface area (Å²) in [6, 6.07) is 12.2. The molecule has 0 aliphatic carbocycles. The fourth-order valence-corrected chi connectivity index (χ4v) is 2.05. The molecule has 100 valence electrons. The summed E-state index contributed by atoms with van der Waals surface area (Å²) in [4.78, 5) is 11.3. The van der Waals surface area contributed by atoms with Crippen molar-refractivity contribution in [3.05, 3.63) is 64.1 Å². The highest BCUT2D eigenvalue weighted by atomic mass is 16.1. The number of nitrogens with zero attached hydrogens (tertiary/aromatic N) is 1. The highest BCUT2D eigenvalue weighted by molar-refractivity contribution is 5.43. The minimum Gasteiger partial charge on any atom is -0.377 e. The molecule has 1 N–H and O–H groups in total. The fourth-order valence-electron chi connectivity index (χ4n) is 2.05. The first kappa shape index (κ1) is 13.4. The molecule has 0 saturated heterocycles. The monoisotopic (exact) mass is 256 g/mol. The Balaban J connectivity index is 2.13. The zero-order valence-corrected chi connectivity index (χ0v) is 11.7. The van der Waals surface area contributed by atoms with Crippen molar-refractivity contribution in [1.29, 1.82) is 0 Å². The summed E-state index contributed by atoms with van der Waals surface area (Å²) < 4.78 is 1.58. The zero-order chi connectivity index (χ0) is 13.8. The van der Waals surface area contributed by atoms with Gasteiger partial charge in [0.05, 0.1) is 5.69 Å². The summed E-state index contributed by atoms with van der Waals surface area (Å²) in [5.41, 5.74) is 3.55. The number of benzene rings is 1. The third kappa shape index (κ3) is 3.25. The van der Waals surface area contributed by atoms with E-state index in [0.717, 1.165) is 12.1 Å². The largest absolute Gasteiger partial charge is 0.377 e. The Morgan fingerprint density at radius 1 is 1.16 bits per heavy atom. The molecule has 0 saturated carbocycles. The minimum absolute atomic E-state index is 0.00509. The van der Waals surface area contributed by atoms with Crippen molar-refractivity contribution in [2.24, 2.45) is 7.05 Å². The molecule has 0 amide bonds. The molecule has 0 spiro atoms. The Kier molecular flexibility index (Phi) is 4.05. The molecule has 3 heteroatoms. The second-order valence-electron chi connectivity index (χ2n) is 4.83. The van der Waals surface area contributed by atoms with E-state index in [1.54, 1.807) is 17.7 Å². The van der Waals surface area contributed by atoms with E-state index < -0.39 is 0 Å². The van der Waals surface area contributed by atoms with Gasteiger partial charge in [-0.25, -0.2) is 0 Å². The predicted octanol–water partition coefficient (Wildman–Crippen LogP) is 3.12. The molecule has 0 aliphatic heterocycles. The van der Waals surface area contributed by atoms with Crippen molar-refractivity contribution in [3.63, 3.8) is 0 Å². The van der Waals surface area contributed by atoms with Crippen LogP contribution in [-0.2, 0) is 13.5 Å². The van der Waals surface area contributed by atoms with Gasteiger partial charge in [-0.1, -0.05) is 31.2 Å². The van der Waals surface area contributed by atoms with Crippen LogP contribution < -0.4 is 10.9 Å². The maximum atomic E-state index is 11.3. The second-order valence-corrected chi connectivity index (χ2v) is 4.83. The van der Waals surface area contributed by atoms with Gasteiger partial charge in [-0.15, -0.1) is 0 Å². The van der Waals surface area contributed by atoms with E-state index in [-0.39, 0.29) is 11.6 Å². The van der Waals surface area contributed by atoms with Gasteiger partial charge in [-0.3, -0.25) is 4.79 Å². The lowest BCUT2D eigenvalue weighted by molar-refractivity contribution is 0.839. The maximum Gasteiger partial charge on any atom is 0.250 e. The zero-order valence-electron chi connectivity index (χ0n) is 11.7. The Morgan fingerprint density at radius 2 is 1.84 bits per heavy atom. The van der Waals surface area contributed by atoms with Crippen molar-refractivity contribution in [2.75, 3.05) is 5.32 Å². The molecule has 0 fully saturated rings. The highest BCUT2D eigenvalue weighted by Crippen LogP contribution is 2.18. The quantitative estimate of drug-likeness (QED) is 0.912. The van der Waals surface area contributed by atoms with Gasteiger partial charge in [0.15, 0.2) is 0 Å². The summed E-state index contributed by atoms with van der Waals surface area (Å²) in [5, 5.41) is 3.40. The minimum atomic E-state index is 0.00509. The Hall–Kier alpha value is -2.03. The van der Waals surface area contributed by atoms with Gasteiger partial charge in [0.25, 0.3) is 0 Å². The van der Waals surface area contributed by atoms with E-state index in [4.69, 9.17) is 0 Å². The molecule has 0 radical (unpaired) electrons. The predicted molar refractivity (Wildman–Crippen MR) is 79.5 cm³/mol. The van der Waals surface area contributed by atoms with Crippen molar-refractivity contribution >= 4 is 5.69 Å². The van der Waals surface area contributed by atoms with E-state index in [1.807, 2.05) is 12.3 Å². The number of hydrogen-bond acceptors (Lipinski definition) is 2. The molecular formula is C16H20N2O. The lowest BCUT2D eigenvalue weighted by Crippen LogP contribution is -2.16. The Morgan fingerprint density at radius 3 is 2.42 bits per heavy atom. The normalized spacial score (nSPS) is 12.2. The second kappa shape index (κ2) is 5.74. The number of aryl methyl sites for hydroxylation is 2. The van der Waals surface area contributed by atoms with Gasteiger partial charge in [0.1, 0.15) is 0 Å². The molecule has 1 unspecified atom stereocenters. The number of nitrogens with one attached hydrogen (secondary N) is 1. The van der Waals surface area contributed by atoms with Crippen LogP contribution in [-0.4, -0.2) is 4.57 Å². The number of rotatable bonds is 4. The molecule has 0 aliphatic rings. The van der Waals surface area contributed by atoms with Crippen LogP contribution in [0.4, 0.5) is 5.69 Å². The molecule has 3 nitrogen and oxygen atoms in total. The molecule has 1 aromatic heterocycles. The van der Waals surface area contributed by atoms with Crippen LogP contribution in [0.15, 0.2) is 47.4 Å². The average Bonchev–Trinajstić information content (AvgIpc) is 2.43. The van der Waals surface area contributed by atoms with Gasteiger partial charge in [0, 0.05) is 25.4 Å². The van der Waals surface area contributed by atoms with Gasteiger partial charge in [-0.05, 0) is 30.5 Å². The first-order valence-corrected chi connectivity index (χ1v) is 6.62.